The normalized spacial score (nSPS) is 10.8. The van der Waals surface area contributed by atoms with E-state index in [-0.39, 0.29) is 0 Å². The molecule has 0 fully saturated rings. The molecular weight excluding hydrogens is 328 g/mol. The van der Waals surface area contributed by atoms with E-state index in [1.54, 1.807) is 18.4 Å². The van der Waals surface area contributed by atoms with E-state index in [2.05, 4.69) is 43.3 Å². The van der Waals surface area contributed by atoms with Crippen molar-refractivity contribution in [3.05, 3.63) is 78.4 Å². The van der Waals surface area contributed by atoms with Gasteiger partial charge in [-0.05, 0) is 42.8 Å². The number of ether oxygens (including phenoxy) is 2. The third-order valence-corrected chi connectivity index (χ3v) is 5.31. The zero-order valence-electron chi connectivity index (χ0n) is 14.2. The number of hydrogen-bond donors (Lipinski definition) is 0. The van der Waals surface area contributed by atoms with Crippen molar-refractivity contribution < 1.29 is 9.47 Å². The first-order valence-corrected chi connectivity index (χ1v) is 8.97. The minimum absolute atomic E-state index is 0.839. The fourth-order valence-electron chi connectivity index (χ4n) is 2.78. The van der Waals surface area contributed by atoms with E-state index in [4.69, 9.17) is 9.47 Å². The number of aryl methyl sites for hydroxylation is 1. The molecule has 0 aliphatic heterocycles. The number of methoxy groups -OCH3 is 1. The highest BCUT2D eigenvalue weighted by atomic mass is 32.1. The summed E-state index contributed by atoms with van der Waals surface area (Å²) < 4.78 is 12.8. The Bertz CT molecular complexity index is 1000. The lowest BCUT2D eigenvalue weighted by atomic mass is 10.1. The van der Waals surface area contributed by atoms with E-state index in [0.717, 1.165) is 37.8 Å². The van der Waals surface area contributed by atoms with E-state index in [1.807, 2.05) is 36.4 Å². The summed E-state index contributed by atoms with van der Waals surface area (Å²) >= 11 is 1.73. The highest BCUT2D eigenvalue weighted by Crippen LogP contribution is 2.47. The van der Waals surface area contributed by atoms with Crippen LogP contribution in [0.15, 0.2) is 72.8 Å². The van der Waals surface area contributed by atoms with Crippen LogP contribution in [0.2, 0.25) is 0 Å². The number of rotatable bonds is 4. The van der Waals surface area contributed by atoms with E-state index < -0.39 is 0 Å². The highest BCUT2D eigenvalue weighted by Gasteiger charge is 2.17. The van der Waals surface area contributed by atoms with Crippen LogP contribution >= 0.6 is 11.3 Å². The van der Waals surface area contributed by atoms with Crippen LogP contribution in [0.1, 0.15) is 5.56 Å². The Kier molecular flexibility index (Phi) is 4.16. The smallest absolute Gasteiger partial charge is 0.153 e. The molecule has 1 heterocycles. The molecule has 1 aromatic heterocycles. The second kappa shape index (κ2) is 6.61. The van der Waals surface area contributed by atoms with Gasteiger partial charge in [0.25, 0.3) is 0 Å². The molecule has 3 aromatic carbocycles. The van der Waals surface area contributed by atoms with Crippen LogP contribution in [0.3, 0.4) is 0 Å². The van der Waals surface area contributed by atoms with Crippen molar-refractivity contribution in [2.75, 3.05) is 7.11 Å². The van der Waals surface area contributed by atoms with E-state index in [1.165, 1.54) is 5.56 Å². The minimum atomic E-state index is 0.839. The molecule has 4 aromatic rings. The first-order valence-electron chi connectivity index (χ1n) is 8.15. The molecule has 0 spiro atoms. The Hall–Kier alpha value is -2.78. The zero-order chi connectivity index (χ0) is 17.2. The molecule has 0 unspecified atom stereocenters. The Balaban J connectivity index is 1.90. The standard InChI is InChI=1S/C22H18O2S/c1-15-8-10-16(11-9-15)22-21(24-17-6-4-3-5-7-17)19-13-12-18(23-2)14-20(19)25-22/h3-14H,1-2H3. The van der Waals surface area contributed by atoms with Crippen LogP contribution in [0.4, 0.5) is 0 Å². The second-order valence-corrected chi connectivity index (χ2v) is 6.96. The average molecular weight is 346 g/mol. The number of thiophene rings is 1. The van der Waals surface area contributed by atoms with Gasteiger partial charge < -0.3 is 9.47 Å². The van der Waals surface area contributed by atoms with Crippen LogP contribution < -0.4 is 9.47 Å². The first kappa shape index (κ1) is 15.7. The van der Waals surface area contributed by atoms with Gasteiger partial charge in [0.2, 0.25) is 0 Å². The summed E-state index contributed by atoms with van der Waals surface area (Å²) in [6, 6.07) is 24.6. The first-order chi connectivity index (χ1) is 12.2. The molecular formula is C22H18O2S. The van der Waals surface area contributed by atoms with Crippen molar-refractivity contribution in [3.8, 4) is 27.7 Å². The number of hydrogen-bond acceptors (Lipinski definition) is 3. The quantitative estimate of drug-likeness (QED) is 0.410. The summed E-state index contributed by atoms with van der Waals surface area (Å²) in [6.45, 7) is 2.10. The fourth-order valence-corrected chi connectivity index (χ4v) is 3.95. The van der Waals surface area contributed by atoms with Crippen molar-refractivity contribution in [2.24, 2.45) is 0 Å². The molecule has 0 amide bonds. The molecule has 2 nitrogen and oxygen atoms in total. The van der Waals surface area contributed by atoms with Crippen molar-refractivity contribution in [1.82, 2.24) is 0 Å². The molecule has 124 valence electrons. The molecule has 0 atom stereocenters. The molecule has 3 heteroatoms. The van der Waals surface area contributed by atoms with Gasteiger partial charge in [0, 0.05) is 10.1 Å². The van der Waals surface area contributed by atoms with Gasteiger partial charge >= 0.3 is 0 Å². The Morgan fingerprint density at radius 1 is 0.800 bits per heavy atom. The number of benzene rings is 3. The minimum Gasteiger partial charge on any atom is -0.497 e. The zero-order valence-corrected chi connectivity index (χ0v) is 15.0. The van der Waals surface area contributed by atoms with Crippen LogP contribution in [-0.2, 0) is 0 Å². The summed E-state index contributed by atoms with van der Waals surface area (Å²) in [6.07, 6.45) is 0. The van der Waals surface area contributed by atoms with Crippen molar-refractivity contribution >= 4 is 21.4 Å². The summed E-state index contributed by atoms with van der Waals surface area (Å²) in [7, 11) is 1.69. The predicted molar refractivity (Wildman–Crippen MR) is 105 cm³/mol. The van der Waals surface area contributed by atoms with Gasteiger partial charge in [-0.3, -0.25) is 0 Å². The number of fused-ring (bicyclic) bond motifs is 1. The summed E-state index contributed by atoms with van der Waals surface area (Å²) in [5, 5.41) is 1.10. The Labute approximate surface area is 151 Å². The molecule has 0 aliphatic carbocycles. The monoisotopic (exact) mass is 346 g/mol. The van der Waals surface area contributed by atoms with Crippen LogP contribution in [0, 0.1) is 6.92 Å². The van der Waals surface area contributed by atoms with Gasteiger partial charge in [-0.1, -0.05) is 48.0 Å². The Morgan fingerprint density at radius 2 is 1.56 bits per heavy atom. The largest absolute Gasteiger partial charge is 0.497 e. The van der Waals surface area contributed by atoms with Gasteiger partial charge in [0.15, 0.2) is 5.75 Å². The lowest BCUT2D eigenvalue weighted by Gasteiger charge is -2.08. The average Bonchev–Trinajstić information content (AvgIpc) is 3.01. The lowest BCUT2D eigenvalue weighted by Crippen LogP contribution is -1.86. The fraction of sp³-hybridized carbons (Fsp3) is 0.0909. The maximum Gasteiger partial charge on any atom is 0.153 e. The topological polar surface area (TPSA) is 18.5 Å². The van der Waals surface area contributed by atoms with Crippen LogP contribution in [-0.4, -0.2) is 7.11 Å². The summed E-state index contributed by atoms with van der Waals surface area (Å²) in [5.41, 5.74) is 2.41. The molecule has 0 N–H and O–H groups in total. The number of para-hydroxylation sites is 1. The molecule has 0 bridgehead atoms. The predicted octanol–water partition coefficient (Wildman–Crippen LogP) is 6.68. The summed E-state index contributed by atoms with van der Waals surface area (Å²) in [5.74, 6) is 2.60. The van der Waals surface area contributed by atoms with Crippen LogP contribution in [0.25, 0.3) is 20.5 Å². The van der Waals surface area contributed by atoms with Gasteiger partial charge in [-0.25, -0.2) is 0 Å². The SMILES string of the molecule is COc1ccc2c(Oc3ccccc3)c(-c3ccc(C)cc3)sc2c1. The molecule has 0 aliphatic rings. The van der Waals surface area contributed by atoms with E-state index in [9.17, 15) is 0 Å². The third kappa shape index (κ3) is 3.11. The highest BCUT2D eigenvalue weighted by molar-refractivity contribution is 7.22. The lowest BCUT2D eigenvalue weighted by molar-refractivity contribution is 0.415. The van der Waals surface area contributed by atoms with Crippen LogP contribution in [0.5, 0.6) is 17.2 Å². The van der Waals surface area contributed by atoms with Gasteiger partial charge in [-0.2, -0.15) is 0 Å². The second-order valence-electron chi connectivity index (χ2n) is 5.90. The summed E-state index contributed by atoms with van der Waals surface area (Å²) in [4.78, 5) is 1.13. The third-order valence-electron chi connectivity index (χ3n) is 4.13. The van der Waals surface area contributed by atoms with Gasteiger partial charge in [0.1, 0.15) is 11.5 Å². The molecule has 25 heavy (non-hydrogen) atoms. The van der Waals surface area contributed by atoms with Crippen molar-refractivity contribution in [2.45, 2.75) is 6.92 Å². The van der Waals surface area contributed by atoms with Gasteiger partial charge in [0.05, 0.1) is 12.0 Å². The van der Waals surface area contributed by atoms with E-state index in [0.29, 0.717) is 0 Å². The molecule has 0 saturated carbocycles. The molecule has 0 radical (unpaired) electrons. The molecule has 0 saturated heterocycles. The van der Waals surface area contributed by atoms with E-state index >= 15 is 0 Å². The maximum absolute atomic E-state index is 6.29. The maximum atomic E-state index is 6.29. The molecule has 4 rings (SSSR count). The van der Waals surface area contributed by atoms with Crippen molar-refractivity contribution in [3.63, 3.8) is 0 Å². The van der Waals surface area contributed by atoms with Crippen molar-refractivity contribution in [1.29, 1.82) is 0 Å². The van der Waals surface area contributed by atoms with Gasteiger partial charge in [-0.15, -0.1) is 11.3 Å². The Morgan fingerprint density at radius 3 is 2.28 bits per heavy atom.